The molecular formula is C30H33F6N5O7S. The van der Waals surface area contributed by atoms with Crippen LogP contribution in [0.15, 0.2) is 53.4 Å². The summed E-state index contributed by atoms with van der Waals surface area (Å²) < 4.78 is 97.8. The molecule has 0 bridgehead atoms. The lowest BCUT2D eigenvalue weighted by molar-refractivity contribution is -0.274. The summed E-state index contributed by atoms with van der Waals surface area (Å²) in [4.78, 5) is 24.8. The molecule has 1 aromatic heterocycles. The number of carbonyl (C=O) groups is 2. The summed E-state index contributed by atoms with van der Waals surface area (Å²) in [6.07, 6.45) is -5.19. The molecule has 3 aromatic rings. The molecule has 0 radical (unpaired) electrons. The second-order valence-corrected chi connectivity index (χ2v) is 14.0. The van der Waals surface area contributed by atoms with E-state index in [2.05, 4.69) is 25.0 Å². The summed E-state index contributed by atoms with van der Waals surface area (Å²) in [7, 11) is -4.08. The molecule has 49 heavy (non-hydrogen) atoms. The summed E-state index contributed by atoms with van der Waals surface area (Å²) in [5.74, 6) is -3.44. The summed E-state index contributed by atoms with van der Waals surface area (Å²) in [5, 5.41) is 29.4. The highest BCUT2D eigenvalue weighted by molar-refractivity contribution is 7.93. The van der Waals surface area contributed by atoms with Gasteiger partial charge in [-0.3, -0.25) is 4.79 Å². The number of piperidine rings is 1. The van der Waals surface area contributed by atoms with Crippen molar-refractivity contribution in [2.45, 2.75) is 73.7 Å². The van der Waals surface area contributed by atoms with E-state index in [0.29, 0.717) is 44.0 Å². The van der Waals surface area contributed by atoms with Crippen molar-refractivity contribution >= 4 is 21.8 Å². The molecule has 1 aliphatic carbocycles. The molecule has 12 nitrogen and oxygen atoms in total. The van der Waals surface area contributed by atoms with Crippen LogP contribution in [0.25, 0.3) is 11.4 Å². The molecule has 0 spiro atoms. The number of tetrazole rings is 1. The fraction of sp³-hybridized carbons (Fsp3) is 0.500. The first kappa shape index (κ1) is 37.6. The third-order valence-electron chi connectivity index (χ3n) is 8.13. The highest BCUT2D eigenvalue weighted by atomic mass is 32.2. The normalized spacial score (nSPS) is 16.8. The number of aryl methyl sites for hydroxylation is 2. The summed E-state index contributed by atoms with van der Waals surface area (Å²) >= 11 is 0. The number of ether oxygens (including phenoxy) is 1. The van der Waals surface area contributed by atoms with Gasteiger partial charge in [0, 0.05) is 25.2 Å². The zero-order valence-electron chi connectivity index (χ0n) is 25.8. The van der Waals surface area contributed by atoms with Crippen LogP contribution in [0.4, 0.5) is 26.3 Å². The van der Waals surface area contributed by atoms with Gasteiger partial charge in [0.15, 0.2) is 14.6 Å². The van der Waals surface area contributed by atoms with Crippen molar-refractivity contribution in [2.24, 2.45) is 5.92 Å². The van der Waals surface area contributed by atoms with E-state index in [1.54, 1.807) is 12.1 Å². The van der Waals surface area contributed by atoms with Gasteiger partial charge in [0.2, 0.25) is 5.82 Å². The SMILES string of the molecule is O=C(O)C(F)(F)F.O=C(O)C1(S(=O)(=O)c2ccc(CCCCn3nnc(-c4ccc(OC(F)(F)F)cc4)n3)cc2)CCN(CC2CC2)CC1. The Kier molecular flexibility index (Phi) is 11.6. The van der Waals surface area contributed by atoms with Gasteiger partial charge in [0.05, 0.1) is 11.4 Å². The second-order valence-electron chi connectivity index (χ2n) is 11.7. The molecule has 0 unspecified atom stereocenters. The molecule has 2 aliphatic rings. The Morgan fingerprint density at radius 2 is 1.51 bits per heavy atom. The second kappa shape index (κ2) is 15.1. The van der Waals surface area contributed by atoms with Crippen LogP contribution < -0.4 is 4.74 Å². The van der Waals surface area contributed by atoms with Crippen LogP contribution in [-0.2, 0) is 32.4 Å². The predicted octanol–water partition coefficient (Wildman–Crippen LogP) is 5.00. The van der Waals surface area contributed by atoms with Crippen molar-refractivity contribution in [3.05, 3.63) is 54.1 Å². The number of rotatable bonds is 12. The Balaban J connectivity index is 0.000000698. The average molecular weight is 722 g/mol. The molecule has 1 saturated carbocycles. The number of aromatic nitrogens is 4. The van der Waals surface area contributed by atoms with Crippen molar-refractivity contribution in [3.8, 4) is 17.1 Å². The molecule has 2 aromatic carbocycles. The van der Waals surface area contributed by atoms with Crippen LogP contribution in [0, 0.1) is 5.92 Å². The fourth-order valence-corrected chi connectivity index (χ4v) is 7.16. The lowest BCUT2D eigenvalue weighted by atomic mass is 9.95. The summed E-state index contributed by atoms with van der Waals surface area (Å²) in [6, 6.07) is 11.7. The molecule has 2 fully saturated rings. The van der Waals surface area contributed by atoms with Crippen LogP contribution in [0.1, 0.15) is 44.1 Å². The molecule has 2 heterocycles. The smallest absolute Gasteiger partial charge is 0.480 e. The summed E-state index contributed by atoms with van der Waals surface area (Å²) in [6.45, 7) is 2.31. The quantitative estimate of drug-likeness (QED) is 0.191. The van der Waals surface area contributed by atoms with Gasteiger partial charge in [-0.25, -0.2) is 13.2 Å². The van der Waals surface area contributed by atoms with Crippen molar-refractivity contribution in [2.75, 3.05) is 19.6 Å². The topological polar surface area (TPSA) is 165 Å². The summed E-state index contributed by atoms with van der Waals surface area (Å²) in [5.41, 5.74) is 1.42. The number of likely N-dealkylation sites (tertiary alicyclic amines) is 1. The largest absolute Gasteiger partial charge is 0.573 e. The first-order chi connectivity index (χ1) is 22.9. The lowest BCUT2D eigenvalue weighted by Crippen LogP contribution is -2.54. The Morgan fingerprint density at radius 3 is 2.02 bits per heavy atom. The van der Waals surface area contributed by atoms with Crippen molar-refractivity contribution in [3.63, 3.8) is 0 Å². The van der Waals surface area contributed by atoms with E-state index in [4.69, 9.17) is 9.90 Å². The number of carboxylic acid groups (broad SMARTS) is 2. The predicted molar refractivity (Wildman–Crippen MR) is 159 cm³/mol. The molecule has 268 valence electrons. The van der Waals surface area contributed by atoms with E-state index in [1.165, 1.54) is 54.0 Å². The van der Waals surface area contributed by atoms with Crippen molar-refractivity contribution < 1.29 is 59.3 Å². The minimum atomic E-state index is -5.08. The molecule has 2 N–H and O–H groups in total. The highest BCUT2D eigenvalue weighted by Gasteiger charge is 2.53. The first-order valence-corrected chi connectivity index (χ1v) is 16.6. The molecule has 5 rings (SSSR count). The lowest BCUT2D eigenvalue weighted by Gasteiger charge is -2.38. The third kappa shape index (κ3) is 10.1. The number of sulfone groups is 1. The third-order valence-corrected chi connectivity index (χ3v) is 10.6. The number of hydrogen-bond donors (Lipinski definition) is 2. The Hall–Kier alpha value is -4.26. The number of benzene rings is 2. The van der Waals surface area contributed by atoms with Crippen LogP contribution in [0.5, 0.6) is 5.75 Å². The number of nitrogens with zero attached hydrogens (tertiary/aromatic N) is 5. The maximum atomic E-state index is 13.5. The molecule has 1 saturated heterocycles. The minimum Gasteiger partial charge on any atom is -0.480 e. The standard InChI is InChI=1S/C28H32F3N5O5S.C2HF3O2/c29-28(30,31)41-23-10-8-22(9-11-23)25-32-34-36(33-25)16-2-1-3-20-6-12-24(13-7-20)42(39,40)27(26(37)38)14-17-35(18-15-27)19-21-4-5-21;3-2(4,5)1(6)7/h6-13,21H,1-5,14-19H2,(H,37,38);(H,6,7). The van der Waals surface area contributed by atoms with Gasteiger partial charge in [-0.1, -0.05) is 12.1 Å². The van der Waals surface area contributed by atoms with Gasteiger partial charge in [0.1, 0.15) is 5.75 Å². The monoisotopic (exact) mass is 721 g/mol. The first-order valence-electron chi connectivity index (χ1n) is 15.1. The Bertz CT molecular complexity index is 1690. The molecule has 0 atom stereocenters. The number of unbranched alkanes of at least 4 members (excludes halogenated alkanes) is 1. The molecule has 19 heteroatoms. The van der Waals surface area contributed by atoms with Crippen molar-refractivity contribution in [1.82, 2.24) is 25.1 Å². The van der Waals surface area contributed by atoms with Gasteiger partial charge < -0.3 is 19.8 Å². The van der Waals surface area contributed by atoms with E-state index in [-0.39, 0.29) is 29.3 Å². The average Bonchev–Trinajstić information content (AvgIpc) is 3.72. The Morgan fingerprint density at radius 1 is 0.918 bits per heavy atom. The van der Waals surface area contributed by atoms with Gasteiger partial charge in [0.25, 0.3) is 0 Å². The Labute approximate surface area is 276 Å². The maximum Gasteiger partial charge on any atom is 0.573 e. The van der Waals surface area contributed by atoms with Crippen LogP contribution in [0.2, 0.25) is 0 Å². The van der Waals surface area contributed by atoms with Crippen molar-refractivity contribution in [1.29, 1.82) is 0 Å². The number of hydrogen-bond acceptors (Lipinski definition) is 9. The van der Waals surface area contributed by atoms with E-state index >= 15 is 0 Å². The van der Waals surface area contributed by atoms with E-state index in [1.807, 2.05) is 0 Å². The minimum absolute atomic E-state index is 0.0293. The zero-order valence-corrected chi connectivity index (χ0v) is 26.6. The van der Waals surface area contributed by atoms with Crippen LogP contribution >= 0.6 is 0 Å². The number of carboxylic acids is 2. The number of alkyl halides is 6. The van der Waals surface area contributed by atoms with Gasteiger partial charge in [-0.2, -0.15) is 18.0 Å². The number of halogens is 6. The zero-order chi connectivity index (χ0) is 36.0. The number of aliphatic carboxylic acids is 2. The molecule has 1 aliphatic heterocycles. The maximum absolute atomic E-state index is 13.5. The van der Waals surface area contributed by atoms with Crippen LogP contribution in [-0.4, -0.2) is 92.6 Å². The van der Waals surface area contributed by atoms with Gasteiger partial charge in [-0.15, -0.1) is 23.4 Å². The highest BCUT2D eigenvalue weighted by Crippen LogP contribution is 2.38. The van der Waals surface area contributed by atoms with Crippen LogP contribution in [0.3, 0.4) is 0 Å². The van der Waals surface area contributed by atoms with Gasteiger partial charge in [-0.05, 0) is 98.0 Å². The fourth-order valence-electron chi connectivity index (χ4n) is 5.26. The molecule has 0 amide bonds. The van der Waals surface area contributed by atoms with E-state index < -0.39 is 39.1 Å². The van der Waals surface area contributed by atoms with E-state index in [9.17, 15) is 44.7 Å². The molecular weight excluding hydrogens is 688 g/mol. The van der Waals surface area contributed by atoms with Gasteiger partial charge >= 0.3 is 24.5 Å². The van der Waals surface area contributed by atoms with E-state index in [0.717, 1.165) is 18.5 Å².